The first-order chi connectivity index (χ1) is 10.9. The van der Waals surface area contributed by atoms with Crippen LogP contribution in [0.5, 0.6) is 5.75 Å². The zero-order valence-corrected chi connectivity index (χ0v) is 14.3. The van der Waals surface area contributed by atoms with Crippen LogP contribution in [0.3, 0.4) is 0 Å². The number of nitrogens with zero attached hydrogens (tertiary/aromatic N) is 2. The maximum atomic E-state index is 13.5. The topological polar surface area (TPSA) is 44.8 Å². The van der Waals surface area contributed by atoms with Crippen molar-refractivity contribution in [1.82, 2.24) is 15.1 Å². The summed E-state index contributed by atoms with van der Waals surface area (Å²) in [5, 5.41) is 2.96. The van der Waals surface area contributed by atoms with E-state index >= 15 is 0 Å². The third-order valence-electron chi connectivity index (χ3n) is 4.16. The van der Waals surface area contributed by atoms with E-state index in [0.29, 0.717) is 31.6 Å². The number of hydrogen-bond donors (Lipinski definition) is 1. The summed E-state index contributed by atoms with van der Waals surface area (Å²) in [5.41, 5.74) is 0. The number of halogens is 1. The molecular formula is C17H26FN3O2. The molecule has 1 aliphatic rings. The lowest BCUT2D eigenvalue weighted by atomic mass is 10.0. The molecule has 1 aromatic rings. The Balaban J connectivity index is 1.74. The lowest BCUT2D eigenvalue weighted by Gasteiger charge is -2.39. The Morgan fingerprint density at radius 2 is 2.04 bits per heavy atom. The average Bonchev–Trinajstić information content (AvgIpc) is 2.43. The van der Waals surface area contributed by atoms with E-state index in [1.54, 1.807) is 23.1 Å². The second-order valence-corrected chi connectivity index (χ2v) is 6.54. The number of urea groups is 1. The number of hydrogen-bond acceptors (Lipinski definition) is 3. The van der Waals surface area contributed by atoms with Crippen molar-refractivity contribution >= 4 is 6.03 Å². The molecule has 1 unspecified atom stereocenters. The predicted octanol–water partition coefficient (Wildman–Crippen LogP) is 2.18. The van der Waals surface area contributed by atoms with Gasteiger partial charge in [0.1, 0.15) is 6.10 Å². The van der Waals surface area contributed by atoms with E-state index in [1.165, 1.54) is 6.07 Å². The van der Waals surface area contributed by atoms with Gasteiger partial charge in [0.2, 0.25) is 0 Å². The molecular weight excluding hydrogens is 297 g/mol. The van der Waals surface area contributed by atoms with Crippen molar-refractivity contribution < 1.29 is 13.9 Å². The highest BCUT2D eigenvalue weighted by Gasteiger charge is 2.33. The lowest BCUT2D eigenvalue weighted by Crippen LogP contribution is -2.60. The minimum atomic E-state index is -0.374. The van der Waals surface area contributed by atoms with Crippen LogP contribution in [-0.2, 0) is 0 Å². The van der Waals surface area contributed by atoms with Crippen LogP contribution in [0.2, 0.25) is 0 Å². The SMILES string of the molecule is CC(C)C(CNC(=O)N1CC(Oc2ccccc2F)C1)N(C)C. The van der Waals surface area contributed by atoms with E-state index < -0.39 is 0 Å². The van der Waals surface area contributed by atoms with Crippen LogP contribution in [0, 0.1) is 11.7 Å². The average molecular weight is 323 g/mol. The second-order valence-electron chi connectivity index (χ2n) is 6.54. The molecule has 128 valence electrons. The highest BCUT2D eigenvalue weighted by Crippen LogP contribution is 2.21. The molecule has 0 aliphatic carbocycles. The molecule has 1 saturated heterocycles. The second kappa shape index (κ2) is 7.64. The molecule has 1 N–H and O–H groups in total. The molecule has 6 heteroatoms. The number of para-hydroxylation sites is 1. The fraction of sp³-hybridized carbons (Fsp3) is 0.588. The van der Waals surface area contributed by atoms with Gasteiger partial charge in [0, 0.05) is 12.6 Å². The number of benzene rings is 1. The van der Waals surface area contributed by atoms with Crippen molar-refractivity contribution in [2.45, 2.75) is 26.0 Å². The van der Waals surface area contributed by atoms with E-state index in [0.717, 1.165) is 0 Å². The summed E-state index contributed by atoms with van der Waals surface area (Å²) < 4.78 is 19.1. The number of carbonyl (C=O) groups excluding carboxylic acids is 1. The van der Waals surface area contributed by atoms with E-state index in [1.807, 2.05) is 14.1 Å². The summed E-state index contributed by atoms with van der Waals surface area (Å²) >= 11 is 0. The smallest absolute Gasteiger partial charge is 0.317 e. The minimum Gasteiger partial charge on any atom is -0.484 e. The van der Waals surface area contributed by atoms with Gasteiger partial charge >= 0.3 is 6.03 Å². The van der Waals surface area contributed by atoms with Crippen LogP contribution >= 0.6 is 0 Å². The van der Waals surface area contributed by atoms with Gasteiger partial charge < -0.3 is 19.9 Å². The van der Waals surface area contributed by atoms with Gasteiger partial charge in [-0.3, -0.25) is 0 Å². The van der Waals surface area contributed by atoms with Crippen LogP contribution < -0.4 is 10.1 Å². The number of likely N-dealkylation sites (N-methyl/N-ethyl adjacent to an activating group) is 1. The van der Waals surface area contributed by atoms with E-state index in [-0.39, 0.29) is 23.7 Å². The standard InChI is InChI=1S/C17H26FN3O2/c1-12(2)15(20(3)4)9-19-17(22)21-10-13(11-21)23-16-8-6-5-7-14(16)18/h5-8,12-13,15H,9-11H2,1-4H3,(H,19,22). The minimum absolute atomic E-state index is 0.0918. The summed E-state index contributed by atoms with van der Waals surface area (Å²) in [6.07, 6.45) is -0.146. The van der Waals surface area contributed by atoms with Crippen LogP contribution in [0.1, 0.15) is 13.8 Å². The van der Waals surface area contributed by atoms with Gasteiger partial charge in [0.05, 0.1) is 13.1 Å². The number of amides is 2. The highest BCUT2D eigenvalue weighted by atomic mass is 19.1. The maximum Gasteiger partial charge on any atom is 0.317 e. The molecule has 5 nitrogen and oxygen atoms in total. The molecule has 1 fully saturated rings. The Labute approximate surface area is 137 Å². The van der Waals surface area contributed by atoms with Gasteiger partial charge in [0.15, 0.2) is 11.6 Å². The van der Waals surface area contributed by atoms with Gasteiger partial charge in [-0.05, 0) is 32.1 Å². The molecule has 0 saturated carbocycles. The van der Waals surface area contributed by atoms with Crippen molar-refractivity contribution in [3.63, 3.8) is 0 Å². The molecule has 0 aromatic heterocycles. The Bertz CT molecular complexity index is 522. The molecule has 1 aliphatic heterocycles. The van der Waals surface area contributed by atoms with Gasteiger partial charge in [-0.1, -0.05) is 26.0 Å². The molecule has 2 amide bonds. The highest BCUT2D eigenvalue weighted by molar-refractivity contribution is 5.75. The summed E-state index contributed by atoms with van der Waals surface area (Å²) in [4.78, 5) is 15.9. The fourth-order valence-electron chi connectivity index (χ4n) is 2.72. The molecule has 0 radical (unpaired) electrons. The lowest BCUT2D eigenvalue weighted by molar-refractivity contribution is 0.0411. The monoisotopic (exact) mass is 323 g/mol. The van der Waals surface area contributed by atoms with Crippen molar-refractivity contribution in [1.29, 1.82) is 0 Å². The van der Waals surface area contributed by atoms with Crippen LogP contribution in [0.15, 0.2) is 24.3 Å². The van der Waals surface area contributed by atoms with Gasteiger partial charge in [0.25, 0.3) is 0 Å². The summed E-state index contributed by atoms with van der Waals surface area (Å²) in [6, 6.07) is 6.53. The van der Waals surface area contributed by atoms with E-state index in [9.17, 15) is 9.18 Å². The Morgan fingerprint density at radius 3 is 2.61 bits per heavy atom. The number of ether oxygens (including phenoxy) is 1. The van der Waals surface area contributed by atoms with Crippen LogP contribution in [-0.4, -0.2) is 61.7 Å². The van der Waals surface area contributed by atoms with Gasteiger partial charge in [-0.25, -0.2) is 9.18 Å². The Morgan fingerprint density at radius 1 is 1.39 bits per heavy atom. The fourth-order valence-corrected chi connectivity index (χ4v) is 2.72. The number of likely N-dealkylation sites (tertiary alicyclic amines) is 1. The molecule has 1 aromatic carbocycles. The molecule has 1 atom stereocenters. The molecule has 2 rings (SSSR count). The first-order valence-corrected chi connectivity index (χ1v) is 7.99. The zero-order chi connectivity index (χ0) is 17.0. The van der Waals surface area contributed by atoms with Crippen molar-refractivity contribution in [2.75, 3.05) is 33.7 Å². The molecule has 23 heavy (non-hydrogen) atoms. The first kappa shape index (κ1) is 17.5. The summed E-state index contributed by atoms with van der Waals surface area (Å²) in [6.45, 7) is 5.85. The molecule has 0 bridgehead atoms. The largest absolute Gasteiger partial charge is 0.484 e. The number of nitrogens with one attached hydrogen (secondary N) is 1. The van der Waals surface area contributed by atoms with Gasteiger partial charge in [-0.15, -0.1) is 0 Å². The predicted molar refractivity (Wildman–Crippen MR) is 88.1 cm³/mol. The summed E-state index contributed by atoms with van der Waals surface area (Å²) in [7, 11) is 4.03. The number of carbonyl (C=O) groups is 1. The first-order valence-electron chi connectivity index (χ1n) is 7.99. The normalized spacial score (nSPS) is 16.4. The molecule has 0 spiro atoms. The van der Waals surface area contributed by atoms with Crippen molar-refractivity contribution in [3.8, 4) is 5.75 Å². The molecule has 1 heterocycles. The van der Waals surface area contributed by atoms with E-state index in [2.05, 4.69) is 24.1 Å². The van der Waals surface area contributed by atoms with Crippen LogP contribution in [0.25, 0.3) is 0 Å². The van der Waals surface area contributed by atoms with Crippen LogP contribution in [0.4, 0.5) is 9.18 Å². The Kier molecular flexibility index (Phi) is 5.82. The van der Waals surface area contributed by atoms with Crippen molar-refractivity contribution in [2.24, 2.45) is 5.92 Å². The zero-order valence-electron chi connectivity index (χ0n) is 14.3. The number of rotatable bonds is 6. The Hall–Kier alpha value is -1.82. The third-order valence-corrected chi connectivity index (χ3v) is 4.16. The third kappa shape index (κ3) is 4.58. The van der Waals surface area contributed by atoms with Gasteiger partial charge in [-0.2, -0.15) is 0 Å². The summed E-state index contributed by atoms with van der Waals surface area (Å²) in [5.74, 6) is 0.324. The maximum absolute atomic E-state index is 13.5. The quantitative estimate of drug-likeness (QED) is 0.873. The van der Waals surface area contributed by atoms with Crippen molar-refractivity contribution in [3.05, 3.63) is 30.1 Å². The van der Waals surface area contributed by atoms with E-state index in [4.69, 9.17) is 4.74 Å².